The number of fused-ring (bicyclic) bond motifs is 1. The minimum atomic E-state index is -0.247. The number of anilines is 1. The molecule has 4 heteroatoms. The molecule has 1 unspecified atom stereocenters. The highest BCUT2D eigenvalue weighted by Crippen LogP contribution is 2.31. The molecule has 1 aliphatic carbocycles. The number of phenolic OH excluding ortho intramolecular Hbond substituents is 1. The molecule has 0 fully saturated rings. The van der Waals surface area contributed by atoms with E-state index in [1.807, 2.05) is 18.2 Å². The van der Waals surface area contributed by atoms with Crippen molar-refractivity contribution < 1.29 is 9.90 Å². The molecular weight excluding hydrogens is 264 g/mol. The van der Waals surface area contributed by atoms with Gasteiger partial charge in [0.05, 0.1) is 11.6 Å². The summed E-state index contributed by atoms with van der Waals surface area (Å²) in [4.78, 5) is 12.3. The predicted molar refractivity (Wildman–Crippen MR) is 82.1 cm³/mol. The van der Waals surface area contributed by atoms with Gasteiger partial charge in [0.2, 0.25) is 0 Å². The Hall–Kier alpha value is -2.49. The number of nitrogen functional groups attached to an aromatic ring is 1. The molecule has 2 aromatic rings. The van der Waals surface area contributed by atoms with E-state index in [0.29, 0.717) is 5.56 Å². The number of benzene rings is 2. The number of amides is 1. The van der Waals surface area contributed by atoms with Crippen LogP contribution >= 0.6 is 0 Å². The summed E-state index contributed by atoms with van der Waals surface area (Å²) in [6.07, 6.45) is 2.90. The molecule has 0 saturated heterocycles. The van der Waals surface area contributed by atoms with Crippen molar-refractivity contribution in [1.82, 2.24) is 5.32 Å². The Bertz CT molecular complexity index is 682. The second kappa shape index (κ2) is 5.48. The third-order valence-electron chi connectivity index (χ3n) is 3.94. The van der Waals surface area contributed by atoms with Crippen molar-refractivity contribution in [2.75, 3.05) is 5.73 Å². The van der Waals surface area contributed by atoms with Crippen molar-refractivity contribution in [2.24, 2.45) is 0 Å². The van der Waals surface area contributed by atoms with E-state index in [4.69, 9.17) is 5.73 Å². The molecule has 4 nitrogen and oxygen atoms in total. The molecule has 0 radical (unpaired) electrons. The molecule has 3 rings (SSSR count). The number of rotatable bonds is 2. The molecule has 0 aliphatic heterocycles. The van der Waals surface area contributed by atoms with Crippen LogP contribution in [-0.2, 0) is 6.42 Å². The van der Waals surface area contributed by atoms with Crippen LogP contribution in [-0.4, -0.2) is 11.0 Å². The normalized spacial score (nSPS) is 17.0. The first kappa shape index (κ1) is 13.5. The maximum atomic E-state index is 12.3. The van der Waals surface area contributed by atoms with Gasteiger partial charge in [-0.15, -0.1) is 0 Å². The van der Waals surface area contributed by atoms with Crippen molar-refractivity contribution in [1.29, 1.82) is 0 Å². The summed E-state index contributed by atoms with van der Waals surface area (Å²) in [5.74, 6) is -0.244. The van der Waals surface area contributed by atoms with Crippen LogP contribution in [0.1, 0.15) is 40.4 Å². The van der Waals surface area contributed by atoms with Crippen molar-refractivity contribution in [3.05, 3.63) is 59.2 Å². The van der Waals surface area contributed by atoms with Crippen LogP contribution in [0, 0.1) is 0 Å². The lowest BCUT2D eigenvalue weighted by Crippen LogP contribution is -2.31. The number of nitrogens with one attached hydrogen (secondary N) is 1. The third-order valence-corrected chi connectivity index (χ3v) is 3.94. The molecule has 0 bridgehead atoms. The summed E-state index contributed by atoms with van der Waals surface area (Å²) < 4.78 is 0. The molecule has 1 aliphatic rings. The zero-order valence-corrected chi connectivity index (χ0v) is 11.7. The van der Waals surface area contributed by atoms with Gasteiger partial charge < -0.3 is 16.2 Å². The first-order valence-corrected chi connectivity index (χ1v) is 7.12. The number of hydrogen-bond acceptors (Lipinski definition) is 3. The molecule has 0 heterocycles. The van der Waals surface area contributed by atoms with Crippen LogP contribution in [0.5, 0.6) is 5.75 Å². The van der Waals surface area contributed by atoms with Crippen molar-refractivity contribution in [3.8, 4) is 5.75 Å². The number of carbonyl (C=O) groups is 1. The second-order valence-corrected chi connectivity index (χ2v) is 5.39. The van der Waals surface area contributed by atoms with Gasteiger partial charge in [-0.1, -0.05) is 18.2 Å². The summed E-state index contributed by atoms with van der Waals surface area (Å²) in [6, 6.07) is 12.4. The van der Waals surface area contributed by atoms with E-state index >= 15 is 0 Å². The Morgan fingerprint density at radius 1 is 1.24 bits per heavy atom. The van der Waals surface area contributed by atoms with Crippen LogP contribution < -0.4 is 11.1 Å². The minimum Gasteiger partial charge on any atom is -0.507 e. The Morgan fingerprint density at radius 2 is 2.05 bits per heavy atom. The minimum absolute atomic E-state index is 0.00309. The lowest BCUT2D eigenvalue weighted by molar-refractivity contribution is 0.0930. The molecule has 0 spiro atoms. The molecular formula is C17H18N2O2. The molecule has 21 heavy (non-hydrogen) atoms. The number of hydrogen-bond donors (Lipinski definition) is 3. The Labute approximate surface area is 123 Å². The van der Waals surface area contributed by atoms with Gasteiger partial charge in [-0.05, 0) is 54.7 Å². The number of phenols is 1. The van der Waals surface area contributed by atoms with E-state index in [1.165, 1.54) is 11.6 Å². The molecule has 1 atom stereocenters. The molecule has 0 aromatic heterocycles. The number of aryl methyl sites for hydroxylation is 1. The third kappa shape index (κ3) is 2.70. The van der Waals surface area contributed by atoms with Crippen LogP contribution in [0.15, 0.2) is 42.5 Å². The summed E-state index contributed by atoms with van der Waals surface area (Å²) >= 11 is 0. The Morgan fingerprint density at radius 3 is 2.86 bits per heavy atom. The number of para-hydroxylation sites is 1. The Balaban J connectivity index is 1.84. The van der Waals surface area contributed by atoms with Crippen LogP contribution in [0.4, 0.5) is 5.69 Å². The van der Waals surface area contributed by atoms with Gasteiger partial charge >= 0.3 is 0 Å². The SMILES string of the molecule is Nc1ccc2c(c1)CCCC2NC(=O)c1ccccc1O. The monoisotopic (exact) mass is 282 g/mol. The summed E-state index contributed by atoms with van der Waals surface area (Å²) in [5, 5.41) is 12.8. The average molecular weight is 282 g/mol. The zero-order chi connectivity index (χ0) is 14.8. The molecule has 108 valence electrons. The summed E-state index contributed by atoms with van der Waals surface area (Å²) in [6.45, 7) is 0. The van der Waals surface area contributed by atoms with E-state index in [9.17, 15) is 9.90 Å². The maximum Gasteiger partial charge on any atom is 0.255 e. The first-order chi connectivity index (χ1) is 10.1. The first-order valence-electron chi connectivity index (χ1n) is 7.12. The van der Waals surface area contributed by atoms with Gasteiger partial charge in [0.15, 0.2) is 0 Å². The topological polar surface area (TPSA) is 75.3 Å². The van der Waals surface area contributed by atoms with Crippen molar-refractivity contribution in [3.63, 3.8) is 0 Å². The molecule has 0 saturated carbocycles. The van der Waals surface area contributed by atoms with Gasteiger partial charge in [-0.2, -0.15) is 0 Å². The highest BCUT2D eigenvalue weighted by Gasteiger charge is 2.23. The highest BCUT2D eigenvalue weighted by atomic mass is 16.3. The Kier molecular flexibility index (Phi) is 3.52. The van der Waals surface area contributed by atoms with Crippen molar-refractivity contribution >= 4 is 11.6 Å². The molecule has 2 aromatic carbocycles. The van der Waals surface area contributed by atoms with Crippen LogP contribution in [0.2, 0.25) is 0 Å². The molecule has 1 amide bonds. The van der Waals surface area contributed by atoms with Gasteiger partial charge in [0.25, 0.3) is 5.91 Å². The average Bonchev–Trinajstić information content (AvgIpc) is 2.47. The fourth-order valence-corrected chi connectivity index (χ4v) is 2.89. The highest BCUT2D eigenvalue weighted by molar-refractivity contribution is 5.97. The second-order valence-electron chi connectivity index (χ2n) is 5.39. The van der Waals surface area contributed by atoms with Crippen molar-refractivity contribution in [2.45, 2.75) is 25.3 Å². The summed E-state index contributed by atoms with van der Waals surface area (Å²) in [7, 11) is 0. The lowest BCUT2D eigenvalue weighted by Gasteiger charge is -2.26. The predicted octanol–water partition coefficient (Wildman–Crippen LogP) is 2.78. The number of carbonyl (C=O) groups excluding carboxylic acids is 1. The smallest absolute Gasteiger partial charge is 0.255 e. The van der Waals surface area contributed by atoms with E-state index in [2.05, 4.69) is 5.32 Å². The van der Waals surface area contributed by atoms with Gasteiger partial charge in [-0.3, -0.25) is 4.79 Å². The van der Waals surface area contributed by atoms with E-state index < -0.39 is 0 Å². The van der Waals surface area contributed by atoms with E-state index in [0.717, 1.165) is 30.5 Å². The number of aromatic hydroxyl groups is 1. The lowest BCUT2D eigenvalue weighted by atomic mass is 9.87. The fourth-order valence-electron chi connectivity index (χ4n) is 2.89. The quantitative estimate of drug-likeness (QED) is 0.741. The number of nitrogens with two attached hydrogens (primary N) is 1. The van der Waals surface area contributed by atoms with Crippen LogP contribution in [0.25, 0.3) is 0 Å². The zero-order valence-electron chi connectivity index (χ0n) is 11.7. The van der Waals surface area contributed by atoms with Crippen LogP contribution in [0.3, 0.4) is 0 Å². The summed E-state index contributed by atoms with van der Waals surface area (Å²) in [5.41, 5.74) is 9.20. The maximum absolute atomic E-state index is 12.3. The fraction of sp³-hybridized carbons (Fsp3) is 0.235. The molecule has 4 N–H and O–H groups in total. The standard InChI is InChI=1S/C17H18N2O2/c18-12-8-9-13-11(10-12)4-3-6-15(13)19-17(21)14-5-1-2-7-16(14)20/h1-2,5,7-10,15,20H,3-4,6,18H2,(H,19,21). The van der Waals surface area contributed by atoms with Gasteiger partial charge in [0, 0.05) is 5.69 Å². The van der Waals surface area contributed by atoms with Gasteiger partial charge in [-0.25, -0.2) is 0 Å². The van der Waals surface area contributed by atoms with E-state index in [1.54, 1.807) is 18.2 Å². The van der Waals surface area contributed by atoms with Gasteiger partial charge in [0.1, 0.15) is 5.75 Å². The largest absolute Gasteiger partial charge is 0.507 e. The van der Waals surface area contributed by atoms with E-state index in [-0.39, 0.29) is 17.7 Å².